The SMILES string of the molecule is O=C(CCC1NC(=O)N(Cc2ccc3c(c2)OCO3)C1=O)NC1CCCc2c1[nH]c1ccccc21. The topological polar surface area (TPSA) is 113 Å². The molecule has 180 valence electrons. The van der Waals surface area contributed by atoms with Gasteiger partial charge in [-0.2, -0.15) is 0 Å². The van der Waals surface area contributed by atoms with E-state index in [1.54, 1.807) is 18.2 Å². The van der Waals surface area contributed by atoms with Crippen LogP contribution in [0.1, 0.15) is 48.5 Å². The summed E-state index contributed by atoms with van der Waals surface area (Å²) in [4.78, 5) is 42.7. The Morgan fingerprint density at radius 1 is 1.11 bits per heavy atom. The van der Waals surface area contributed by atoms with Gasteiger partial charge in [-0.15, -0.1) is 0 Å². The number of nitrogens with zero attached hydrogens (tertiary/aromatic N) is 1. The number of hydrogen-bond acceptors (Lipinski definition) is 5. The number of urea groups is 1. The maximum absolute atomic E-state index is 12.9. The molecule has 4 amide bonds. The van der Waals surface area contributed by atoms with E-state index in [9.17, 15) is 14.4 Å². The van der Waals surface area contributed by atoms with Gasteiger partial charge in [-0.1, -0.05) is 24.3 Å². The third-order valence-electron chi connectivity index (χ3n) is 6.99. The molecule has 0 bridgehead atoms. The smallest absolute Gasteiger partial charge is 0.325 e. The normalized spacial score (nSPS) is 20.7. The zero-order chi connectivity index (χ0) is 23.9. The van der Waals surface area contributed by atoms with Crippen molar-refractivity contribution in [2.45, 2.75) is 50.7 Å². The summed E-state index contributed by atoms with van der Waals surface area (Å²) in [6.45, 7) is 0.295. The first-order valence-corrected chi connectivity index (χ1v) is 12.0. The lowest BCUT2D eigenvalue weighted by Crippen LogP contribution is -2.34. The van der Waals surface area contributed by atoms with Gasteiger partial charge in [-0.05, 0) is 55.0 Å². The Bertz CT molecular complexity index is 1330. The lowest BCUT2D eigenvalue weighted by molar-refractivity contribution is -0.128. The maximum atomic E-state index is 12.9. The summed E-state index contributed by atoms with van der Waals surface area (Å²) in [5, 5.41) is 7.05. The summed E-state index contributed by atoms with van der Waals surface area (Å²) in [5.74, 6) is 0.796. The fraction of sp³-hybridized carbons (Fsp3) is 0.346. The molecule has 1 aromatic heterocycles. The van der Waals surface area contributed by atoms with Crippen LogP contribution < -0.4 is 20.1 Å². The third kappa shape index (κ3) is 3.96. The summed E-state index contributed by atoms with van der Waals surface area (Å²) < 4.78 is 10.7. The first-order chi connectivity index (χ1) is 17.1. The van der Waals surface area contributed by atoms with Crippen molar-refractivity contribution in [2.75, 3.05) is 6.79 Å². The van der Waals surface area contributed by atoms with Crippen LogP contribution in [0.3, 0.4) is 0 Å². The van der Waals surface area contributed by atoms with Gasteiger partial charge in [-0.25, -0.2) is 4.79 Å². The van der Waals surface area contributed by atoms with Gasteiger partial charge in [-0.3, -0.25) is 14.5 Å². The van der Waals surface area contributed by atoms with E-state index in [2.05, 4.69) is 27.8 Å². The molecule has 0 saturated carbocycles. The molecule has 1 fully saturated rings. The second kappa shape index (κ2) is 8.65. The monoisotopic (exact) mass is 474 g/mol. The molecule has 0 radical (unpaired) electrons. The average Bonchev–Trinajstić information content (AvgIpc) is 3.55. The molecule has 1 saturated heterocycles. The number of carbonyl (C=O) groups excluding carboxylic acids is 3. The van der Waals surface area contributed by atoms with E-state index in [0.717, 1.165) is 36.0 Å². The zero-order valence-electron chi connectivity index (χ0n) is 19.1. The van der Waals surface area contributed by atoms with E-state index < -0.39 is 12.1 Å². The van der Waals surface area contributed by atoms with E-state index >= 15 is 0 Å². The number of amides is 4. The van der Waals surface area contributed by atoms with E-state index in [-0.39, 0.29) is 44.0 Å². The number of ether oxygens (including phenoxy) is 2. The van der Waals surface area contributed by atoms with Gasteiger partial charge in [0.2, 0.25) is 12.7 Å². The van der Waals surface area contributed by atoms with Crippen molar-refractivity contribution in [1.29, 1.82) is 0 Å². The predicted octanol–water partition coefficient (Wildman–Crippen LogP) is 3.29. The summed E-state index contributed by atoms with van der Waals surface area (Å²) in [6, 6.07) is 12.3. The van der Waals surface area contributed by atoms with Gasteiger partial charge in [0.1, 0.15) is 6.04 Å². The number of para-hydroxylation sites is 1. The van der Waals surface area contributed by atoms with Gasteiger partial charge >= 0.3 is 6.03 Å². The minimum absolute atomic E-state index is 0.0740. The highest BCUT2D eigenvalue weighted by molar-refractivity contribution is 6.04. The van der Waals surface area contributed by atoms with Crippen LogP contribution in [0.5, 0.6) is 11.5 Å². The number of hydrogen-bond donors (Lipinski definition) is 3. The minimum atomic E-state index is -0.711. The molecule has 2 aliphatic heterocycles. The van der Waals surface area contributed by atoms with Crippen LogP contribution in [-0.2, 0) is 22.6 Å². The van der Waals surface area contributed by atoms with Crippen LogP contribution in [0.25, 0.3) is 10.9 Å². The van der Waals surface area contributed by atoms with Crippen molar-refractivity contribution in [1.82, 2.24) is 20.5 Å². The quantitative estimate of drug-likeness (QED) is 0.475. The maximum Gasteiger partial charge on any atom is 0.325 e. The molecule has 1 aliphatic carbocycles. The summed E-state index contributed by atoms with van der Waals surface area (Å²) in [7, 11) is 0. The van der Waals surface area contributed by atoms with Crippen molar-refractivity contribution < 1.29 is 23.9 Å². The van der Waals surface area contributed by atoms with E-state index in [0.29, 0.717) is 11.5 Å². The van der Waals surface area contributed by atoms with Gasteiger partial charge in [0.25, 0.3) is 5.91 Å². The Labute approximate surface area is 201 Å². The predicted molar refractivity (Wildman–Crippen MR) is 127 cm³/mol. The fourth-order valence-electron chi connectivity index (χ4n) is 5.25. The number of carbonyl (C=O) groups is 3. The molecule has 3 aliphatic rings. The third-order valence-corrected chi connectivity index (χ3v) is 6.99. The number of rotatable bonds is 6. The number of aryl methyl sites for hydroxylation is 1. The molecule has 2 aromatic carbocycles. The van der Waals surface area contributed by atoms with Crippen molar-refractivity contribution in [2.24, 2.45) is 0 Å². The summed E-state index contributed by atoms with van der Waals surface area (Å²) in [6.07, 6.45) is 3.27. The lowest BCUT2D eigenvalue weighted by atomic mass is 9.91. The number of nitrogens with one attached hydrogen (secondary N) is 3. The van der Waals surface area contributed by atoms with Crippen molar-refractivity contribution in [3.05, 3.63) is 59.3 Å². The number of aromatic amines is 1. The van der Waals surface area contributed by atoms with Crippen LogP contribution in [-0.4, -0.2) is 40.6 Å². The second-order valence-electron chi connectivity index (χ2n) is 9.23. The number of H-pyrrole nitrogens is 1. The molecule has 0 spiro atoms. The van der Waals surface area contributed by atoms with Gasteiger partial charge < -0.3 is 25.1 Å². The van der Waals surface area contributed by atoms with Gasteiger partial charge in [0.05, 0.1) is 12.6 Å². The van der Waals surface area contributed by atoms with Crippen LogP contribution in [0.4, 0.5) is 4.79 Å². The molecular weight excluding hydrogens is 448 g/mol. The van der Waals surface area contributed by atoms with Crippen molar-refractivity contribution >= 4 is 28.7 Å². The molecule has 2 unspecified atom stereocenters. The molecule has 9 heteroatoms. The highest BCUT2D eigenvalue weighted by atomic mass is 16.7. The molecule has 9 nitrogen and oxygen atoms in total. The van der Waals surface area contributed by atoms with Gasteiger partial charge in [0, 0.05) is 23.0 Å². The molecular formula is C26H26N4O5. The molecule has 3 aromatic rings. The Morgan fingerprint density at radius 2 is 1.97 bits per heavy atom. The zero-order valence-corrected chi connectivity index (χ0v) is 19.1. The van der Waals surface area contributed by atoms with Crippen LogP contribution >= 0.6 is 0 Å². The molecule has 6 rings (SSSR count). The molecule has 2 atom stereocenters. The Hall–Kier alpha value is -4.01. The molecule has 3 N–H and O–H groups in total. The summed E-state index contributed by atoms with van der Waals surface area (Å²) >= 11 is 0. The van der Waals surface area contributed by atoms with E-state index in [1.807, 2.05) is 12.1 Å². The van der Waals surface area contributed by atoms with Gasteiger partial charge in [0.15, 0.2) is 11.5 Å². The number of fused-ring (bicyclic) bond motifs is 4. The van der Waals surface area contributed by atoms with E-state index in [4.69, 9.17) is 9.47 Å². The van der Waals surface area contributed by atoms with Crippen LogP contribution in [0.2, 0.25) is 0 Å². The van der Waals surface area contributed by atoms with E-state index in [1.165, 1.54) is 15.8 Å². The Balaban J connectivity index is 1.06. The van der Waals surface area contributed by atoms with Crippen LogP contribution in [0.15, 0.2) is 42.5 Å². The number of aromatic nitrogens is 1. The number of benzene rings is 2. The summed E-state index contributed by atoms with van der Waals surface area (Å²) in [5.41, 5.74) is 4.20. The lowest BCUT2D eigenvalue weighted by Gasteiger charge is -2.24. The average molecular weight is 475 g/mol. The minimum Gasteiger partial charge on any atom is -0.454 e. The fourth-order valence-corrected chi connectivity index (χ4v) is 5.25. The van der Waals surface area contributed by atoms with Crippen molar-refractivity contribution in [3.8, 4) is 11.5 Å². The largest absolute Gasteiger partial charge is 0.454 e. The van der Waals surface area contributed by atoms with Crippen LogP contribution in [0, 0.1) is 0 Å². The second-order valence-corrected chi connectivity index (χ2v) is 9.23. The number of imide groups is 1. The first kappa shape index (κ1) is 21.5. The molecule has 3 heterocycles. The Morgan fingerprint density at radius 3 is 2.89 bits per heavy atom. The standard InChI is InChI=1S/C26H26N4O5/c31-23(27-19-7-3-5-17-16-4-1-2-6-18(16)28-24(17)19)11-9-20-25(32)30(26(33)29-20)13-15-8-10-21-22(12-15)35-14-34-21/h1-2,4,6,8,10,12,19-20,28H,3,5,7,9,11,13-14H2,(H,27,31)(H,29,33). The highest BCUT2D eigenvalue weighted by Crippen LogP contribution is 2.35. The molecule has 35 heavy (non-hydrogen) atoms. The Kier molecular flexibility index (Phi) is 5.32. The highest BCUT2D eigenvalue weighted by Gasteiger charge is 2.38. The van der Waals surface area contributed by atoms with Crippen molar-refractivity contribution in [3.63, 3.8) is 0 Å². The first-order valence-electron chi connectivity index (χ1n) is 12.0.